The van der Waals surface area contributed by atoms with Crippen LogP contribution in [0.15, 0.2) is 0 Å². The Hall–Kier alpha value is -2.08. The Morgan fingerprint density at radius 1 is 0.853 bits per heavy atom. The number of rotatable bonds is 6. The zero-order valence-electron chi connectivity index (χ0n) is 21.3. The summed E-state index contributed by atoms with van der Waals surface area (Å²) in [6.45, 7) is 12.9. The lowest BCUT2D eigenvalue weighted by molar-refractivity contribution is -0.0441. The van der Waals surface area contributed by atoms with Crippen LogP contribution in [0, 0.1) is 40.4 Å². The summed E-state index contributed by atoms with van der Waals surface area (Å²) in [5.74, 6) is -0.524. The number of aliphatic hydroxyl groups is 1. The fourth-order valence-corrected chi connectivity index (χ4v) is 8.23. The highest BCUT2D eigenvalue weighted by molar-refractivity contribution is 5.95. The molecule has 7 atom stereocenters. The first-order valence-corrected chi connectivity index (χ1v) is 12.7. The SMILES string of the molecule is CC(C)C[C@@H](c1c(O)c(C=O)c(O)c(C=O)c1O)[C@@]1(C)CC[C@@H]2[C@@H]1[C@H]1[C@@H](CC[C@]2(C)O)C1(C)C. The lowest BCUT2D eigenvalue weighted by Gasteiger charge is -2.45. The number of fused-ring (bicyclic) bond motifs is 3. The van der Waals surface area contributed by atoms with E-state index in [0.29, 0.717) is 30.8 Å². The molecule has 4 rings (SSSR count). The molecule has 6 heteroatoms. The maximum absolute atomic E-state index is 11.8. The molecular weight excluding hydrogens is 432 g/mol. The van der Waals surface area contributed by atoms with Gasteiger partial charge in [-0.15, -0.1) is 0 Å². The predicted molar refractivity (Wildman–Crippen MR) is 129 cm³/mol. The maximum Gasteiger partial charge on any atom is 0.157 e. The molecule has 1 aromatic rings. The first-order chi connectivity index (χ1) is 15.7. The lowest BCUT2D eigenvalue weighted by atomic mass is 9.59. The van der Waals surface area contributed by atoms with Crippen LogP contribution < -0.4 is 0 Å². The zero-order chi connectivity index (χ0) is 25.4. The van der Waals surface area contributed by atoms with Crippen molar-refractivity contribution in [1.82, 2.24) is 0 Å². The first-order valence-electron chi connectivity index (χ1n) is 12.7. The van der Waals surface area contributed by atoms with Crippen molar-refractivity contribution < 1.29 is 30.0 Å². The highest BCUT2D eigenvalue weighted by Crippen LogP contribution is 2.76. The van der Waals surface area contributed by atoms with Gasteiger partial charge in [0.1, 0.15) is 17.2 Å². The van der Waals surface area contributed by atoms with E-state index in [4.69, 9.17) is 0 Å². The van der Waals surface area contributed by atoms with Crippen molar-refractivity contribution in [3.05, 3.63) is 16.7 Å². The number of hydrogen-bond acceptors (Lipinski definition) is 6. The van der Waals surface area contributed by atoms with E-state index in [2.05, 4.69) is 34.6 Å². The average Bonchev–Trinajstić information content (AvgIpc) is 3.13. The van der Waals surface area contributed by atoms with Crippen molar-refractivity contribution in [2.45, 2.75) is 85.2 Å². The fourth-order valence-electron chi connectivity index (χ4n) is 8.23. The quantitative estimate of drug-likeness (QED) is 0.412. The second kappa shape index (κ2) is 7.97. The van der Waals surface area contributed by atoms with Crippen molar-refractivity contribution in [3.8, 4) is 17.2 Å². The van der Waals surface area contributed by atoms with Crippen LogP contribution in [0.2, 0.25) is 0 Å². The number of phenols is 3. The lowest BCUT2D eigenvalue weighted by Crippen LogP contribution is -2.42. The summed E-state index contributed by atoms with van der Waals surface area (Å²) in [7, 11) is 0. The van der Waals surface area contributed by atoms with Crippen LogP contribution >= 0.6 is 0 Å². The maximum atomic E-state index is 11.8. The summed E-state index contributed by atoms with van der Waals surface area (Å²) in [6, 6.07) is 0. The van der Waals surface area contributed by atoms with Crippen LogP contribution in [0.3, 0.4) is 0 Å². The number of carbonyl (C=O) groups is 2. The normalized spacial score (nSPS) is 36.9. The van der Waals surface area contributed by atoms with Crippen LogP contribution in [-0.2, 0) is 0 Å². The molecule has 4 N–H and O–H groups in total. The van der Waals surface area contributed by atoms with Gasteiger partial charge in [-0.05, 0) is 85.4 Å². The Bertz CT molecular complexity index is 974. The van der Waals surface area contributed by atoms with Gasteiger partial charge in [0.2, 0.25) is 0 Å². The Morgan fingerprint density at radius 2 is 1.38 bits per heavy atom. The second-order valence-corrected chi connectivity index (χ2v) is 12.7. The van der Waals surface area contributed by atoms with Crippen LogP contribution in [0.4, 0.5) is 0 Å². The van der Waals surface area contributed by atoms with Crippen LogP contribution in [0.25, 0.3) is 0 Å². The van der Waals surface area contributed by atoms with Crippen molar-refractivity contribution in [3.63, 3.8) is 0 Å². The molecule has 3 fully saturated rings. The van der Waals surface area contributed by atoms with Gasteiger partial charge in [-0.1, -0.05) is 34.6 Å². The Morgan fingerprint density at radius 3 is 1.88 bits per heavy atom. The topological polar surface area (TPSA) is 115 Å². The summed E-state index contributed by atoms with van der Waals surface area (Å²) >= 11 is 0. The van der Waals surface area contributed by atoms with E-state index in [1.807, 2.05) is 6.92 Å². The summed E-state index contributed by atoms with van der Waals surface area (Å²) in [5, 5.41) is 44.1. The van der Waals surface area contributed by atoms with E-state index in [9.17, 15) is 30.0 Å². The second-order valence-electron chi connectivity index (χ2n) is 12.7. The number of benzene rings is 1. The average molecular weight is 473 g/mol. The molecule has 1 aromatic carbocycles. The summed E-state index contributed by atoms with van der Waals surface area (Å²) < 4.78 is 0. The summed E-state index contributed by atoms with van der Waals surface area (Å²) in [6.07, 6.45) is 4.71. The molecule has 188 valence electrons. The van der Waals surface area contributed by atoms with Gasteiger partial charge < -0.3 is 20.4 Å². The largest absolute Gasteiger partial charge is 0.507 e. The van der Waals surface area contributed by atoms with E-state index >= 15 is 0 Å². The minimum Gasteiger partial charge on any atom is -0.507 e. The molecule has 3 aliphatic rings. The predicted octanol–water partition coefficient (Wildman–Crippen LogP) is 5.41. The zero-order valence-corrected chi connectivity index (χ0v) is 21.3. The van der Waals surface area contributed by atoms with Gasteiger partial charge in [0, 0.05) is 5.56 Å². The number of aromatic hydroxyl groups is 3. The van der Waals surface area contributed by atoms with Crippen molar-refractivity contribution >= 4 is 12.6 Å². The molecule has 3 saturated carbocycles. The highest BCUT2D eigenvalue weighted by atomic mass is 16.3. The summed E-state index contributed by atoms with van der Waals surface area (Å²) in [5.41, 5.74) is -1.55. The van der Waals surface area contributed by atoms with E-state index < -0.39 is 22.8 Å². The molecule has 0 heterocycles. The van der Waals surface area contributed by atoms with Gasteiger partial charge in [-0.2, -0.15) is 0 Å². The number of phenolic OH excluding ortho intramolecular Hbond substituents is 3. The molecule has 0 amide bonds. The van der Waals surface area contributed by atoms with Gasteiger partial charge in [0.25, 0.3) is 0 Å². The number of hydrogen-bond donors (Lipinski definition) is 4. The fraction of sp³-hybridized carbons (Fsp3) is 0.714. The standard InChI is InChI=1S/C28H40O6/c1-14(2)11-19(20-24(32)15(12-29)23(31)16(13-30)25(20)33)27(5)9-7-18-22(27)21-17(26(21,3)4)8-10-28(18,6)34/h12-14,17-19,21-22,31-34H,7-11H2,1-6H3/t17-,18-,19+,21-,22-,27-,28+/m1/s1. The minimum absolute atomic E-state index is 0.0985. The van der Waals surface area contributed by atoms with E-state index in [0.717, 1.165) is 25.7 Å². The van der Waals surface area contributed by atoms with Gasteiger partial charge >= 0.3 is 0 Å². The van der Waals surface area contributed by atoms with E-state index in [-0.39, 0.29) is 51.2 Å². The van der Waals surface area contributed by atoms with E-state index in [1.165, 1.54) is 0 Å². The Kier molecular flexibility index (Phi) is 5.87. The van der Waals surface area contributed by atoms with Crippen LogP contribution in [0.5, 0.6) is 17.2 Å². The molecule has 0 radical (unpaired) electrons. The first kappa shape index (κ1) is 25.0. The van der Waals surface area contributed by atoms with Crippen LogP contribution in [-0.4, -0.2) is 38.6 Å². The highest BCUT2D eigenvalue weighted by Gasteiger charge is 2.70. The van der Waals surface area contributed by atoms with Gasteiger partial charge in [-0.3, -0.25) is 9.59 Å². The summed E-state index contributed by atoms with van der Waals surface area (Å²) in [4.78, 5) is 23.6. The van der Waals surface area contributed by atoms with Gasteiger partial charge in [0.05, 0.1) is 16.7 Å². The van der Waals surface area contributed by atoms with Crippen molar-refractivity contribution in [1.29, 1.82) is 0 Å². The molecule has 6 nitrogen and oxygen atoms in total. The molecule has 0 saturated heterocycles. The monoisotopic (exact) mass is 472 g/mol. The molecule has 0 bridgehead atoms. The molecular formula is C28H40O6. The molecule has 0 unspecified atom stereocenters. The molecule has 0 spiro atoms. The number of aldehydes is 2. The van der Waals surface area contributed by atoms with Gasteiger partial charge in [-0.25, -0.2) is 0 Å². The molecule has 0 aliphatic heterocycles. The third-order valence-corrected chi connectivity index (χ3v) is 10.1. The molecule has 3 aliphatic carbocycles. The molecule has 34 heavy (non-hydrogen) atoms. The van der Waals surface area contributed by atoms with Gasteiger partial charge in [0.15, 0.2) is 12.6 Å². The number of carbonyl (C=O) groups excluding carboxylic acids is 2. The third kappa shape index (κ3) is 3.39. The van der Waals surface area contributed by atoms with Crippen LogP contribution in [0.1, 0.15) is 106 Å². The Balaban J connectivity index is 1.94. The van der Waals surface area contributed by atoms with E-state index in [1.54, 1.807) is 0 Å². The van der Waals surface area contributed by atoms with Crippen molar-refractivity contribution in [2.24, 2.45) is 40.4 Å². The minimum atomic E-state index is -0.782. The third-order valence-electron chi connectivity index (χ3n) is 10.1. The smallest absolute Gasteiger partial charge is 0.157 e. The Labute approximate surface area is 202 Å². The van der Waals surface area contributed by atoms with Crippen molar-refractivity contribution in [2.75, 3.05) is 0 Å². The molecule has 0 aromatic heterocycles.